The van der Waals surface area contributed by atoms with Gasteiger partial charge in [-0.1, -0.05) is 13.0 Å². The Balaban J connectivity index is 1.65. The second-order valence-electron chi connectivity index (χ2n) is 5.98. The van der Waals surface area contributed by atoms with E-state index in [1.54, 1.807) is 6.07 Å². The topological polar surface area (TPSA) is 59.7 Å². The molecule has 21 heavy (non-hydrogen) atoms. The predicted molar refractivity (Wildman–Crippen MR) is 79.4 cm³/mol. The lowest BCUT2D eigenvalue weighted by Gasteiger charge is -2.26. The number of fused-ring (bicyclic) bond motifs is 1. The second kappa shape index (κ2) is 5.90. The van der Waals surface area contributed by atoms with Crippen molar-refractivity contribution in [2.24, 2.45) is 5.92 Å². The number of carboxylic acid groups (broad SMARTS) is 1. The zero-order valence-electron chi connectivity index (χ0n) is 12.2. The lowest BCUT2D eigenvalue weighted by molar-refractivity contribution is 0.00881. The van der Waals surface area contributed by atoms with Crippen LogP contribution in [0, 0.1) is 5.92 Å². The van der Waals surface area contributed by atoms with E-state index in [0.717, 1.165) is 29.7 Å². The molecule has 1 fully saturated rings. The van der Waals surface area contributed by atoms with E-state index in [0.29, 0.717) is 18.3 Å². The molecule has 1 aliphatic rings. The Morgan fingerprint density at radius 2 is 2.05 bits per heavy atom. The molecule has 0 bridgehead atoms. The van der Waals surface area contributed by atoms with Gasteiger partial charge in [-0.05, 0) is 55.4 Å². The highest BCUT2D eigenvalue weighted by Crippen LogP contribution is 2.27. The molecule has 4 heteroatoms. The van der Waals surface area contributed by atoms with Crippen molar-refractivity contribution in [1.82, 2.24) is 0 Å². The van der Waals surface area contributed by atoms with Gasteiger partial charge in [0.2, 0.25) is 5.76 Å². The van der Waals surface area contributed by atoms with E-state index in [-0.39, 0.29) is 5.76 Å². The van der Waals surface area contributed by atoms with Gasteiger partial charge in [0.25, 0.3) is 0 Å². The molecule has 0 unspecified atom stereocenters. The van der Waals surface area contributed by atoms with Gasteiger partial charge in [0.15, 0.2) is 0 Å². The van der Waals surface area contributed by atoms with E-state index in [4.69, 9.17) is 14.3 Å². The van der Waals surface area contributed by atoms with Crippen molar-refractivity contribution in [2.75, 3.05) is 0 Å². The van der Waals surface area contributed by atoms with Crippen molar-refractivity contribution in [1.29, 1.82) is 0 Å². The maximum absolute atomic E-state index is 10.9. The molecule has 0 radical (unpaired) electrons. The monoisotopic (exact) mass is 288 g/mol. The van der Waals surface area contributed by atoms with Gasteiger partial charge < -0.3 is 14.3 Å². The van der Waals surface area contributed by atoms with Crippen LogP contribution in [0.3, 0.4) is 0 Å². The van der Waals surface area contributed by atoms with Crippen molar-refractivity contribution in [2.45, 2.75) is 45.3 Å². The molecule has 1 N–H and O–H groups in total. The largest absolute Gasteiger partial charge is 0.475 e. The van der Waals surface area contributed by atoms with Crippen molar-refractivity contribution in [3.05, 3.63) is 35.6 Å². The van der Waals surface area contributed by atoms with Gasteiger partial charge in [-0.25, -0.2) is 4.79 Å². The number of benzene rings is 1. The number of hydrogen-bond acceptors (Lipinski definition) is 3. The van der Waals surface area contributed by atoms with Gasteiger partial charge in [-0.2, -0.15) is 0 Å². The van der Waals surface area contributed by atoms with E-state index in [2.05, 4.69) is 6.92 Å². The fraction of sp³-hybridized carbons (Fsp3) is 0.471. The van der Waals surface area contributed by atoms with E-state index >= 15 is 0 Å². The van der Waals surface area contributed by atoms with Crippen molar-refractivity contribution >= 4 is 16.9 Å². The first-order valence-corrected chi connectivity index (χ1v) is 7.49. The lowest BCUT2D eigenvalue weighted by Crippen LogP contribution is -2.20. The molecule has 0 spiro atoms. The fourth-order valence-corrected chi connectivity index (χ4v) is 2.90. The van der Waals surface area contributed by atoms with Crippen LogP contribution in [-0.4, -0.2) is 17.2 Å². The van der Waals surface area contributed by atoms with Crippen LogP contribution in [0.2, 0.25) is 0 Å². The molecule has 1 aliphatic carbocycles. The predicted octanol–water partition coefficient (Wildman–Crippen LogP) is 4.23. The molecule has 1 heterocycles. The van der Waals surface area contributed by atoms with Crippen molar-refractivity contribution in [3.63, 3.8) is 0 Å². The molecule has 3 rings (SSSR count). The summed E-state index contributed by atoms with van der Waals surface area (Å²) < 4.78 is 11.2. The number of carboxylic acids is 1. The molecule has 0 atom stereocenters. The molecule has 4 nitrogen and oxygen atoms in total. The average Bonchev–Trinajstić information content (AvgIpc) is 2.90. The van der Waals surface area contributed by atoms with Crippen LogP contribution in [0.15, 0.2) is 28.7 Å². The maximum Gasteiger partial charge on any atom is 0.371 e. The highest BCUT2D eigenvalue weighted by atomic mass is 16.5. The third kappa shape index (κ3) is 3.27. The number of furan rings is 1. The number of hydrogen-bond donors (Lipinski definition) is 1. The third-order valence-corrected chi connectivity index (χ3v) is 4.24. The highest BCUT2D eigenvalue weighted by Gasteiger charge is 2.18. The molecule has 112 valence electrons. The van der Waals surface area contributed by atoms with Crippen molar-refractivity contribution in [3.8, 4) is 0 Å². The van der Waals surface area contributed by atoms with E-state index in [1.807, 2.05) is 18.2 Å². The standard InChI is InChI=1S/C17H20O4/c1-11-2-5-14(6-3-11)20-10-12-4-7-15-13(8-12)9-16(21-15)17(18)19/h4,7-9,11,14H,2-3,5-6,10H2,1H3,(H,18,19). The number of rotatable bonds is 4. The summed E-state index contributed by atoms with van der Waals surface area (Å²) in [5.74, 6) is -0.244. The molecule has 0 aliphatic heterocycles. The summed E-state index contributed by atoms with van der Waals surface area (Å²) >= 11 is 0. The summed E-state index contributed by atoms with van der Waals surface area (Å²) in [6, 6.07) is 7.24. The Kier molecular flexibility index (Phi) is 3.97. The summed E-state index contributed by atoms with van der Waals surface area (Å²) in [7, 11) is 0. The van der Waals surface area contributed by atoms with Gasteiger partial charge in [0, 0.05) is 5.39 Å². The van der Waals surface area contributed by atoms with E-state index in [9.17, 15) is 4.79 Å². The van der Waals surface area contributed by atoms with Gasteiger partial charge in [-0.3, -0.25) is 0 Å². The van der Waals surface area contributed by atoms with E-state index < -0.39 is 5.97 Å². The Labute approximate surface area is 123 Å². The molecular weight excluding hydrogens is 268 g/mol. The smallest absolute Gasteiger partial charge is 0.371 e. The first-order valence-electron chi connectivity index (χ1n) is 7.49. The number of carbonyl (C=O) groups is 1. The van der Waals surface area contributed by atoms with Crippen LogP contribution in [0.25, 0.3) is 11.0 Å². The SMILES string of the molecule is CC1CCC(OCc2ccc3oc(C(=O)O)cc3c2)CC1. The van der Waals surface area contributed by atoms with Crippen LogP contribution in [0.1, 0.15) is 48.7 Å². The first kappa shape index (κ1) is 14.1. The van der Waals surface area contributed by atoms with Crippen LogP contribution in [0.5, 0.6) is 0 Å². The van der Waals surface area contributed by atoms with Crippen LogP contribution in [-0.2, 0) is 11.3 Å². The van der Waals surface area contributed by atoms with Crippen LogP contribution in [0.4, 0.5) is 0 Å². The zero-order valence-corrected chi connectivity index (χ0v) is 12.2. The van der Waals surface area contributed by atoms with Gasteiger partial charge in [0.05, 0.1) is 12.7 Å². The normalized spacial score (nSPS) is 22.5. The van der Waals surface area contributed by atoms with Gasteiger partial charge in [-0.15, -0.1) is 0 Å². The summed E-state index contributed by atoms with van der Waals surface area (Å²) in [5, 5.41) is 9.74. The molecule has 1 aromatic heterocycles. The molecule has 2 aromatic rings. The summed E-state index contributed by atoms with van der Waals surface area (Å²) in [5.41, 5.74) is 1.65. The average molecular weight is 288 g/mol. The summed E-state index contributed by atoms with van der Waals surface area (Å²) in [6.45, 7) is 2.87. The first-order chi connectivity index (χ1) is 10.1. The van der Waals surface area contributed by atoms with Gasteiger partial charge in [0.1, 0.15) is 5.58 Å². The highest BCUT2D eigenvalue weighted by molar-refractivity contribution is 5.91. The number of ether oxygens (including phenoxy) is 1. The van der Waals surface area contributed by atoms with Gasteiger partial charge >= 0.3 is 5.97 Å². The Bertz CT molecular complexity index is 635. The Morgan fingerprint density at radius 1 is 1.29 bits per heavy atom. The quantitative estimate of drug-likeness (QED) is 0.914. The lowest BCUT2D eigenvalue weighted by atomic mass is 9.89. The molecule has 1 aromatic carbocycles. The Hall–Kier alpha value is -1.81. The maximum atomic E-state index is 10.9. The zero-order chi connectivity index (χ0) is 14.8. The van der Waals surface area contributed by atoms with Crippen LogP contribution < -0.4 is 0 Å². The van der Waals surface area contributed by atoms with Crippen LogP contribution >= 0.6 is 0 Å². The summed E-state index contributed by atoms with van der Waals surface area (Å²) in [4.78, 5) is 10.9. The van der Waals surface area contributed by atoms with Crippen molar-refractivity contribution < 1.29 is 19.1 Å². The minimum absolute atomic E-state index is 0.0238. The minimum Gasteiger partial charge on any atom is -0.475 e. The molecule has 1 saturated carbocycles. The Morgan fingerprint density at radius 3 is 2.76 bits per heavy atom. The number of aromatic carboxylic acids is 1. The molecular formula is C17H20O4. The molecule has 0 saturated heterocycles. The molecule has 0 amide bonds. The summed E-state index contributed by atoms with van der Waals surface area (Å²) in [6.07, 6.45) is 5.12. The minimum atomic E-state index is -1.04. The van der Waals surface area contributed by atoms with E-state index in [1.165, 1.54) is 12.8 Å². The third-order valence-electron chi connectivity index (χ3n) is 4.24. The second-order valence-corrected chi connectivity index (χ2v) is 5.98. The fourth-order valence-electron chi connectivity index (χ4n) is 2.90.